The average molecular weight is 466 g/mol. The SMILES string of the molecule is COc1cc([N+](=O)[O-])ccc1NC(=O)COC(=O)c1cc2c(C)nn(-c3ccccc3)c2s1. The molecule has 0 fully saturated rings. The summed E-state index contributed by atoms with van der Waals surface area (Å²) < 4.78 is 12.0. The number of nitrogens with zero attached hydrogens (tertiary/aromatic N) is 3. The van der Waals surface area contributed by atoms with E-state index in [0.29, 0.717) is 4.88 Å². The number of hydrogen-bond donors (Lipinski definition) is 1. The summed E-state index contributed by atoms with van der Waals surface area (Å²) in [5.74, 6) is -1.13. The number of nitrogens with one attached hydrogen (secondary N) is 1. The van der Waals surface area contributed by atoms with E-state index in [1.807, 2.05) is 37.3 Å². The highest BCUT2D eigenvalue weighted by molar-refractivity contribution is 7.20. The van der Waals surface area contributed by atoms with Crippen molar-refractivity contribution in [2.24, 2.45) is 0 Å². The van der Waals surface area contributed by atoms with Gasteiger partial charge in [0.1, 0.15) is 15.5 Å². The molecule has 0 aliphatic rings. The van der Waals surface area contributed by atoms with Gasteiger partial charge in [-0.25, -0.2) is 9.48 Å². The molecule has 4 rings (SSSR count). The highest BCUT2D eigenvalue weighted by atomic mass is 32.1. The van der Waals surface area contributed by atoms with E-state index in [4.69, 9.17) is 9.47 Å². The van der Waals surface area contributed by atoms with Crippen LogP contribution in [0, 0.1) is 17.0 Å². The van der Waals surface area contributed by atoms with Crippen LogP contribution in [-0.2, 0) is 9.53 Å². The summed E-state index contributed by atoms with van der Waals surface area (Å²) in [6, 6.07) is 15.0. The number of para-hydroxylation sites is 1. The van der Waals surface area contributed by atoms with E-state index in [-0.39, 0.29) is 17.1 Å². The number of carbonyl (C=O) groups excluding carboxylic acids is 2. The number of hydrogen-bond acceptors (Lipinski definition) is 8. The van der Waals surface area contributed by atoms with Crippen molar-refractivity contribution in [3.05, 3.63) is 75.3 Å². The molecule has 0 saturated carbocycles. The number of carbonyl (C=O) groups is 2. The fourth-order valence-electron chi connectivity index (χ4n) is 3.18. The Bertz CT molecular complexity index is 1360. The van der Waals surface area contributed by atoms with Crippen LogP contribution in [-0.4, -0.2) is 40.3 Å². The van der Waals surface area contributed by atoms with Gasteiger partial charge in [0.2, 0.25) is 0 Å². The van der Waals surface area contributed by atoms with Crippen LogP contribution in [0.1, 0.15) is 15.4 Å². The third-order valence-electron chi connectivity index (χ3n) is 4.75. The molecule has 2 aromatic carbocycles. The minimum absolute atomic E-state index is 0.120. The number of fused-ring (bicyclic) bond motifs is 1. The van der Waals surface area contributed by atoms with Gasteiger partial charge in [0, 0.05) is 11.5 Å². The zero-order chi connectivity index (χ0) is 23.5. The van der Waals surface area contributed by atoms with Crippen molar-refractivity contribution >= 4 is 44.8 Å². The maximum atomic E-state index is 12.5. The lowest BCUT2D eigenvalue weighted by atomic mass is 10.2. The molecule has 1 N–H and O–H groups in total. The van der Waals surface area contributed by atoms with E-state index in [2.05, 4.69) is 10.4 Å². The normalized spacial score (nSPS) is 10.7. The third-order valence-corrected chi connectivity index (χ3v) is 5.84. The quantitative estimate of drug-likeness (QED) is 0.247. The first-order valence-electron chi connectivity index (χ1n) is 9.71. The lowest BCUT2D eigenvalue weighted by molar-refractivity contribution is -0.384. The van der Waals surface area contributed by atoms with Crippen LogP contribution in [0.25, 0.3) is 15.9 Å². The van der Waals surface area contributed by atoms with Crippen molar-refractivity contribution in [2.75, 3.05) is 19.0 Å². The molecule has 0 saturated heterocycles. The summed E-state index contributed by atoms with van der Waals surface area (Å²) in [5, 5.41) is 18.8. The van der Waals surface area contributed by atoms with Gasteiger partial charge in [-0.2, -0.15) is 5.10 Å². The van der Waals surface area contributed by atoms with Gasteiger partial charge in [0.05, 0.1) is 35.2 Å². The molecule has 0 bridgehead atoms. The molecular weight excluding hydrogens is 448 g/mol. The van der Waals surface area contributed by atoms with Crippen molar-refractivity contribution < 1.29 is 24.0 Å². The first-order valence-corrected chi connectivity index (χ1v) is 10.5. The van der Waals surface area contributed by atoms with Crippen molar-refractivity contribution in [2.45, 2.75) is 6.92 Å². The number of amides is 1. The second-order valence-corrected chi connectivity index (χ2v) is 7.96. The van der Waals surface area contributed by atoms with Crippen LogP contribution in [0.15, 0.2) is 54.6 Å². The van der Waals surface area contributed by atoms with Crippen LogP contribution in [0.5, 0.6) is 5.75 Å². The predicted molar refractivity (Wildman–Crippen MR) is 122 cm³/mol. The molecule has 2 aromatic heterocycles. The van der Waals surface area contributed by atoms with Gasteiger partial charge in [-0.05, 0) is 31.2 Å². The molecule has 0 radical (unpaired) electrons. The number of esters is 1. The maximum absolute atomic E-state index is 12.5. The molecule has 4 aromatic rings. The minimum atomic E-state index is -0.638. The number of nitro groups is 1. The number of non-ortho nitro benzene ring substituents is 1. The minimum Gasteiger partial charge on any atom is -0.494 e. The highest BCUT2D eigenvalue weighted by Crippen LogP contribution is 2.31. The molecular formula is C22H18N4O6S. The van der Waals surface area contributed by atoms with Crippen LogP contribution in [0.3, 0.4) is 0 Å². The Kier molecular flexibility index (Phi) is 6.05. The van der Waals surface area contributed by atoms with Gasteiger partial charge >= 0.3 is 5.97 Å². The van der Waals surface area contributed by atoms with Crippen LogP contribution >= 0.6 is 11.3 Å². The monoisotopic (exact) mass is 466 g/mol. The zero-order valence-corrected chi connectivity index (χ0v) is 18.4. The molecule has 0 atom stereocenters. The van der Waals surface area contributed by atoms with E-state index in [1.165, 1.54) is 36.6 Å². The Morgan fingerprint density at radius 1 is 1.18 bits per heavy atom. The second-order valence-electron chi connectivity index (χ2n) is 6.93. The molecule has 33 heavy (non-hydrogen) atoms. The van der Waals surface area contributed by atoms with Crippen LogP contribution in [0.2, 0.25) is 0 Å². The van der Waals surface area contributed by atoms with Gasteiger partial charge in [-0.1, -0.05) is 18.2 Å². The summed E-state index contributed by atoms with van der Waals surface area (Å²) in [4.78, 5) is 36.3. The Morgan fingerprint density at radius 2 is 1.94 bits per heavy atom. The summed E-state index contributed by atoms with van der Waals surface area (Å²) in [6.45, 7) is 1.33. The molecule has 11 heteroatoms. The number of methoxy groups -OCH3 is 1. The van der Waals surface area contributed by atoms with Crippen LogP contribution in [0.4, 0.5) is 11.4 Å². The van der Waals surface area contributed by atoms with E-state index in [9.17, 15) is 19.7 Å². The fraction of sp³-hybridized carbons (Fsp3) is 0.136. The van der Waals surface area contributed by atoms with E-state index >= 15 is 0 Å². The standard InChI is InChI=1S/C22H18N4O6S/c1-13-16-11-19(33-21(16)25(24-13)14-6-4-3-5-7-14)22(28)32-12-20(27)23-17-9-8-15(26(29)30)10-18(17)31-2/h3-11H,12H2,1-2H3,(H,23,27). The summed E-state index contributed by atoms with van der Waals surface area (Å²) in [5.41, 5.74) is 1.69. The van der Waals surface area contributed by atoms with Gasteiger partial charge in [0.25, 0.3) is 11.6 Å². The molecule has 1 amide bonds. The molecule has 0 aliphatic heterocycles. The lowest BCUT2D eigenvalue weighted by Gasteiger charge is -2.10. The number of rotatable bonds is 7. The number of aromatic nitrogens is 2. The Labute approximate surface area is 191 Å². The number of aryl methyl sites for hydroxylation is 1. The largest absolute Gasteiger partial charge is 0.494 e. The molecule has 0 spiro atoms. The summed E-state index contributed by atoms with van der Waals surface area (Å²) in [6.07, 6.45) is 0. The number of thiophene rings is 1. The van der Waals surface area contributed by atoms with Crippen molar-refractivity contribution in [1.29, 1.82) is 0 Å². The third kappa shape index (κ3) is 4.53. The topological polar surface area (TPSA) is 126 Å². The number of anilines is 1. The van der Waals surface area contributed by atoms with Crippen molar-refractivity contribution in [1.82, 2.24) is 9.78 Å². The van der Waals surface area contributed by atoms with Gasteiger partial charge in [0.15, 0.2) is 6.61 Å². The Hall–Kier alpha value is -4.25. The predicted octanol–water partition coefficient (Wildman–Crippen LogP) is 4.11. The molecule has 0 unspecified atom stereocenters. The van der Waals surface area contributed by atoms with Gasteiger partial charge < -0.3 is 14.8 Å². The lowest BCUT2D eigenvalue weighted by Crippen LogP contribution is -2.21. The summed E-state index contributed by atoms with van der Waals surface area (Å²) >= 11 is 1.22. The second kappa shape index (κ2) is 9.09. The smallest absolute Gasteiger partial charge is 0.348 e. The number of benzene rings is 2. The van der Waals surface area contributed by atoms with E-state index < -0.39 is 23.4 Å². The van der Waals surface area contributed by atoms with Gasteiger partial charge in [-0.3, -0.25) is 14.9 Å². The molecule has 2 heterocycles. The van der Waals surface area contributed by atoms with E-state index in [0.717, 1.165) is 21.6 Å². The van der Waals surface area contributed by atoms with Gasteiger partial charge in [-0.15, -0.1) is 11.3 Å². The Morgan fingerprint density at radius 3 is 2.64 bits per heavy atom. The fourth-order valence-corrected chi connectivity index (χ4v) is 4.25. The maximum Gasteiger partial charge on any atom is 0.348 e. The zero-order valence-electron chi connectivity index (χ0n) is 17.6. The molecule has 10 nitrogen and oxygen atoms in total. The molecule has 168 valence electrons. The van der Waals surface area contributed by atoms with E-state index in [1.54, 1.807) is 10.7 Å². The molecule has 0 aliphatic carbocycles. The van der Waals surface area contributed by atoms with Crippen molar-refractivity contribution in [3.63, 3.8) is 0 Å². The Balaban J connectivity index is 1.45. The number of nitro benzene ring substituents is 1. The van der Waals surface area contributed by atoms with Crippen LogP contribution < -0.4 is 10.1 Å². The average Bonchev–Trinajstić information content (AvgIpc) is 3.39. The number of ether oxygens (including phenoxy) is 2. The van der Waals surface area contributed by atoms with Crippen molar-refractivity contribution in [3.8, 4) is 11.4 Å². The first-order chi connectivity index (χ1) is 15.9. The summed E-state index contributed by atoms with van der Waals surface area (Å²) in [7, 11) is 1.33. The highest BCUT2D eigenvalue weighted by Gasteiger charge is 2.19. The first kappa shape index (κ1) is 22.0.